The molecule has 9 nitrogen and oxygen atoms in total. The van der Waals surface area contributed by atoms with E-state index in [2.05, 4.69) is 38.2 Å². The lowest BCUT2D eigenvalue weighted by atomic mass is 9.99. The molecule has 53 heavy (non-hydrogen) atoms. The summed E-state index contributed by atoms with van der Waals surface area (Å²) >= 11 is 0. The van der Waals surface area contributed by atoms with Gasteiger partial charge < -0.3 is 39.4 Å². The van der Waals surface area contributed by atoms with E-state index >= 15 is 0 Å². The van der Waals surface area contributed by atoms with E-state index in [-0.39, 0.29) is 19.2 Å². The summed E-state index contributed by atoms with van der Waals surface area (Å²) in [4.78, 5) is 12.7. The molecule has 0 amide bonds. The summed E-state index contributed by atoms with van der Waals surface area (Å²) in [5, 5.41) is 40.0. The summed E-state index contributed by atoms with van der Waals surface area (Å²) in [6.45, 7) is 4.52. The second-order valence-corrected chi connectivity index (χ2v) is 15.1. The van der Waals surface area contributed by atoms with E-state index in [9.17, 15) is 25.2 Å². The minimum Gasteiger partial charge on any atom is -0.457 e. The average Bonchev–Trinajstić information content (AvgIpc) is 3.16. The number of hydrogen-bond acceptors (Lipinski definition) is 9. The van der Waals surface area contributed by atoms with Gasteiger partial charge in [-0.15, -0.1) is 0 Å². The number of unbranched alkanes of at least 4 members (excludes halogenated alkanes) is 22. The molecule has 1 aliphatic rings. The van der Waals surface area contributed by atoms with Gasteiger partial charge in [-0.3, -0.25) is 4.79 Å². The molecule has 1 saturated heterocycles. The molecule has 0 spiro atoms. The molecule has 6 unspecified atom stereocenters. The first kappa shape index (κ1) is 49.7. The van der Waals surface area contributed by atoms with Gasteiger partial charge in [0, 0.05) is 13.0 Å². The van der Waals surface area contributed by atoms with Crippen molar-refractivity contribution in [3.63, 3.8) is 0 Å². The van der Waals surface area contributed by atoms with Crippen LogP contribution in [0.1, 0.15) is 187 Å². The number of aliphatic hydroxyl groups excluding tert-OH is 4. The summed E-state index contributed by atoms with van der Waals surface area (Å²) in [5.74, 6) is -0.324. The van der Waals surface area contributed by atoms with Crippen molar-refractivity contribution in [3.05, 3.63) is 24.3 Å². The van der Waals surface area contributed by atoms with Gasteiger partial charge in [0.15, 0.2) is 6.29 Å². The zero-order valence-electron chi connectivity index (χ0n) is 34.0. The Morgan fingerprint density at radius 2 is 1.04 bits per heavy atom. The molecule has 0 radical (unpaired) electrons. The second kappa shape index (κ2) is 36.3. The largest absolute Gasteiger partial charge is 0.457 e. The van der Waals surface area contributed by atoms with Crippen molar-refractivity contribution in [3.8, 4) is 0 Å². The standard InChI is InChI=1S/C44H82O9/c1-3-5-7-9-11-13-15-17-18-19-20-22-24-26-28-30-32-34-50-36-38(37-51-44-43(49)42(48)41(47)39(35-45)53-44)52-40(46)33-31-29-27-25-23-21-16-14-12-10-8-6-4-2/h14,16,18-19,38-39,41-45,47-49H,3-13,15,17,20-37H2,1-2H3/b16-14-,19-18-. The first-order valence-corrected chi connectivity index (χ1v) is 21.9. The number of ether oxygens (including phenoxy) is 4. The van der Waals surface area contributed by atoms with E-state index in [0.717, 1.165) is 44.9 Å². The number of rotatable bonds is 37. The van der Waals surface area contributed by atoms with Crippen LogP contribution in [0.3, 0.4) is 0 Å². The second-order valence-electron chi connectivity index (χ2n) is 15.1. The Bertz CT molecular complexity index is 864. The van der Waals surface area contributed by atoms with Gasteiger partial charge in [0.1, 0.15) is 30.5 Å². The maximum atomic E-state index is 12.7. The number of esters is 1. The molecule has 0 bridgehead atoms. The molecule has 4 N–H and O–H groups in total. The zero-order valence-corrected chi connectivity index (χ0v) is 34.0. The molecule has 0 aliphatic carbocycles. The van der Waals surface area contributed by atoms with Gasteiger partial charge in [0.05, 0.1) is 19.8 Å². The topological polar surface area (TPSA) is 135 Å². The first-order chi connectivity index (χ1) is 25.9. The molecule has 0 saturated carbocycles. The van der Waals surface area contributed by atoms with E-state index in [0.29, 0.717) is 13.0 Å². The quantitative estimate of drug-likeness (QED) is 0.0278. The van der Waals surface area contributed by atoms with Crippen LogP contribution in [-0.2, 0) is 23.7 Å². The predicted octanol–water partition coefficient (Wildman–Crippen LogP) is 9.42. The third-order valence-corrected chi connectivity index (χ3v) is 10.1. The van der Waals surface area contributed by atoms with Gasteiger partial charge in [-0.05, 0) is 64.2 Å². The zero-order chi connectivity index (χ0) is 38.6. The van der Waals surface area contributed by atoms with E-state index in [1.54, 1.807) is 0 Å². The summed E-state index contributed by atoms with van der Waals surface area (Å²) in [6, 6.07) is 0. The lowest BCUT2D eigenvalue weighted by Crippen LogP contribution is -2.59. The van der Waals surface area contributed by atoms with E-state index in [1.807, 2.05) is 0 Å². The molecular formula is C44H82O9. The highest BCUT2D eigenvalue weighted by Gasteiger charge is 2.44. The van der Waals surface area contributed by atoms with Gasteiger partial charge in [0.25, 0.3) is 0 Å². The predicted molar refractivity (Wildman–Crippen MR) is 215 cm³/mol. The van der Waals surface area contributed by atoms with Crippen LogP contribution >= 0.6 is 0 Å². The summed E-state index contributed by atoms with van der Waals surface area (Å²) in [7, 11) is 0. The van der Waals surface area contributed by atoms with Crippen LogP contribution in [0.4, 0.5) is 0 Å². The van der Waals surface area contributed by atoms with E-state index < -0.39 is 43.4 Å². The molecule has 1 aliphatic heterocycles. The molecule has 1 heterocycles. The Kier molecular flexibility index (Phi) is 34.0. The first-order valence-electron chi connectivity index (χ1n) is 21.9. The van der Waals surface area contributed by atoms with Crippen molar-refractivity contribution < 1.29 is 44.2 Å². The minimum atomic E-state index is -1.54. The molecule has 312 valence electrons. The third-order valence-electron chi connectivity index (χ3n) is 10.1. The Hall–Kier alpha value is -1.33. The van der Waals surface area contributed by atoms with Gasteiger partial charge in [-0.25, -0.2) is 0 Å². The van der Waals surface area contributed by atoms with Crippen molar-refractivity contribution in [2.75, 3.05) is 26.4 Å². The molecule has 1 fully saturated rings. The lowest BCUT2D eigenvalue weighted by Gasteiger charge is -2.39. The van der Waals surface area contributed by atoms with Crippen LogP contribution in [0.15, 0.2) is 24.3 Å². The van der Waals surface area contributed by atoms with Gasteiger partial charge in [-0.2, -0.15) is 0 Å². The Morgan fingerprint density at radius 1 is 0.585 bits per heavy atom. The van der Waals surface area contributed by atoms with Crippen LogP contribution in [0.25, 0.3) is 0 Å². The van der Waals surface area contributed by atoms with Crippen molar-refractivity contribution in [1.29, 1.82) is 0 Å². The van der Waals surface area contributed by atoms with Crippen LogP contribution in [0.5, 0.6) is 0 Å². The third kappa shape index (κ3) is 27.8. The lowest BCUT2D eigenvalue weighted by molar-refractivity contribution is -0.305. The fourth-order valence-electron chi connectivity index (χ4n) is 6.60. The molecular weight excluding hydrogens is 672 g/mol. The summed E-state index contributed by atoms with van der Waals surface area (Å²) in [6.07, 6.45) is 33.4. The molecule has 0 aromatic carbocycles. The highest BCUT2D eigenvalue weighted by molar-refractivity contribution is 5.69. The fourth-order valence-corrected chi connectivity index (χ4v) is 6.60. The number of aliphatic hydroxyl groups is 4. The van der Waals surface area contributed by atoms with Gasteiger partial charge >= 0.3 is 5.97 Å². The number of carbonyl (C=O) groups excluding carboxylic acids is 1. The molecule has 6 atom stereocenters. The van der Waals surface area contributed by atoms with E-state index in [4.69, 9.17) is 18.9 Å². The fraction of sp³-hybridized carbons (Fsp3) is 0.886. The minimum absolute atomic E-state index is 0.117. The normalized spacial score (nSPS) is 21.2. The van der Waals surface area contributed by atoms with Crippen LogP contribution in [0, 0.1) is 0 Å². The molecule has 0 aromatic heterocycles. The van der Waals surface area contributed by atoms with Crippen molar-refractivity contribution in [2.24, 2.45) is 0 Å². The van der Waals surface area contributed by atoms with Crippen molar-refractivity contribution >= 4 is 5.97 Å². The van der Waals surface area contributed by atoms with Crippen LogP contribution in [-0.4, -0.2) is 89.6 Å². The van der Waals surface area contributed by atoms with Gasteiger partial charge in [-0.1, -0.05) is 141 Å². The smallest absolute Gasteiger partial charge is 0.306 e. The van der Waals surface area contributed by atoms with Gasteiger partial charge in [0.2, 0.25) is 0 Å². The summed E-state index contributed by atoms with van der Waals surface area (Å²) < 4.78 is 22.8. The Labute approximate surface area is 324 Å². The number of allylic oxidation sites excluding steroid dienone is 4. The van der Waals surface area contributed by atoms with Crippen LogP contribution < -0.4 is 0 Å². The highest BCUT2D eigenvalue weighted by Crippen LogP contribution is 2.22. The Morgan fingerprint density at radius 3 is 1.55 bits per heavy atom. The number of carbonyl (C=O) groups is 1. The summed E-state index contributed by atoms with van der Waals surface area (Å²) in [5.41, 5.74) is 0. The SMILES string of the molecule is CCCCCC/C=C\CCCCCCCC(=O)OC(COCCCCCCCC/C=C\CCCCCCCCC)COC1OC(CO)C(O)C(O)C1O. The molecule has 9 heteroatoms. The maximum absolute atomic E-state index is 12.7. The molecule has 0 aromatic rings. The van der Waals surface area contributed by atoms with Crippen LogP contribution in [0.2, 0.25) is 0 Å². The maximum Gasteiger partial charge on any atom is 0.306 e. The van der Waals surface area contributed by atoms with Crippen molar-refractivity contribution in [1.82, 2.24) is 0 Å². The average molecular weight is 755 g/mol. The highest BCUT2D eigenvalue weighted by atomic mass is 16.7. The van der Waals surface area contributed by atoms with Crippen molar-refractivity contribution in [2.45, 2.75) is 224 Å². The van der Waals surface area contributed by atoms with E-state index in [1.165, 1.54) is 122 Å². The number of hydrogen-bond donors (Lipinski definition) is 4. The Balaban J connectivity index is 2.28. The molecule has 1 rings (SSSR count). The monoisotopic (exact) mass is 755 g/mol.